The standard InChI is InChI=1S/C20H21ClN2O2/c1-13(24)18(10-14-6-8-17(21)9-7-14)23-20(25)19-11-15-4-2-3-5-16(15)12-22-19/h2-9,18-19,22H,10-12H2,1H3,(H,23,25)/t18-,19+/m1/s1. The molecule has 0 aromatic heterocycles. The van der Waals surface area contributed by atoms with Crippen LogP contribution in [-0.2, 0) is 29.0 Å². The number of Topliss-reactive ketones (excluding diaryl/α,β-unsaturated/α-hetero) is 1. The van der Waals surface area contributed by atoms with Gasteiger partial charge in [-0.25, -0.2) is 0 Å². The van der Waals surface area contributed by atoms with Gasteiger partial charge in [-0.1, -0.05) is 48.0 Å². The first kappa shape index (κ1) is 17.6. The number of carbonyl (C=O) groups is 2. The number of hydrogen-bond acceptors (Lipinski definition) is 3. The number of benzene rings is 2. The van der Waals surface area contributed by atoms with Crippen LogP contribution in [0.3, 0.4) is 0 Å². The van der Waals surface area contributed by atoms with Crippen molar-refractivity contribution in [2.45, 2.75) is 38.4 Å². The van der Waals surface area contributed by atoms with E-state index in [0.29, 0.717) is 24.4 Å². The predicted octanol–water partition coefficient (Wildman–Crippen LogP) is 2.67. The van der Waals surface area contributed by atoms with Crippen molar-refractivity contribution in [2.24, 2.45) is 0 Å². The molecule has 2 N–H and O–H groups in total. The Hall–Kier alpha value is -2.17. The van der Waals surface area contributed by atoms with Gasteiger partial charge in [0.1, 0.15) is 0 Å². The van der Waals surface area contributed by atoms with Crippen molar-refractivity contribution in [3.8, 4) is 0 Å². The van der Waals surface area contributed by atoms with Gasteiger partial charge >= 0.3 is 0 Å². The maximum atomic E-state index is 12.6. The molecule has 0 spiro atoms. The highest BCUT2D eigenvalue weighted by molar-refractivity contribution is 6.30. The van der Waals surface area contributed by atoms with Gasteiger partial charge in [-0.2, -0.15) is 0 Å². The molecule has 1 aliphatic rings. The molecule has 0 aliphatic carbocycles. The first-order valence-electron chi connectivity index (χ1n) is 8.38. The van der Waals surface area contributed by atoms with E-state index in [1.807, 2.05) is 30.3 Å². The van der Waals surface area contributed by atoms with Gasteiger partial charge in [-0.3, -0.25) is 9.59 Å². The van der Waals surface area contributed by atoms with Gasteiger partial charge in [0.25, 0.3) is 0 Å². The van der Waals surface area contributed by atoms with Crippen molar-refractivity contribution in [1.82, 2.24) is 10.6 Å². The molecule has 25 heavy (non-hydrogen) atoms. The number of nitrogens with one attached hydrogen (secondary N) is 2. The van der Waals surface area contributed by atoms with Crippen molar-refractivity contribution in [2.75, 3.05) is 0 Å². The van der Waals surface area contributed by atoms with Crippen LogP contribution in [0.2, 0.25) is 5.02 Å². The average Bonchev–Trinajstić information content (AvgIpc) is 2.62. The highest BCUT2D eigenvalue weighted by Gasteiger charge is 2.27. The monoisotopic (exact) mass is 356 g/mol. The summed E-state index contributed by atoms with van der Waals surface area (Å²) in [6.07, 6.45) is 1.09. The van der Waals surface area contributed by atoms with Gasteiger partial charge in [0.2, 0.25) is 5.91 Å². The molecule has 0 bridgehead atoms. The van der Waals surface area contributed by atoms with Crippen molar-refractivity contribution < 1.29 is 9.59 Å². The lowest BCUT2D eigenvalue weighted by Gasteiger charge is -2.27. The zero-order chi connectivity index (χ0) is 17.8. The summed E-state index contributed by atoms with van der Waals surface area (Å²) < 4.78 is 0. The Kier molecular flexibility index (Phi) is 5.51. The molecule has 5 heteroatoms. The van der Waals surface area contributed by atoms with Crippen LogP contribution >= 0.6 is 11.6 Å². The Labute approximate surface area is 152 Å². The highest BCUT2D eigenvalue weighted by Crippen LogP contribution is 2.17. The van der Waals surface area contributed by atoms with Gasteiger partial charge in [0, 0.05) is 11.6 Å². The fraction of sp³-hybridized carbons (Fsp3) is 0.300. The molecule has 2 atom stereocenters. The molecule has 0 fully saturated rings. The largest absolute Gasteiger partial charge is 0.345 e. The van der Waals surface area contributed by atoms with E-state index in [2.05, 4.69) is 16.7 Å². The Bertz CT molecular complexity index is 774. The lowest BCUT2D eigenvalue weighted by atomic mass is 9.95. The zero-order valence-corrected chi connectivity index (χ0v) is 14.8. The Balaban J connectivity index is 1.65. The molecule has 130 valence electrons. The Morgan fingerprint density at radius 2 is 1.84 bits per heavy atom. The van der Waals surface area contributed by atoms with Crippen LogP contribution in [0.4, 0.5) is 0 Å². The van der Waals surface area contributed by atoms with Crippen LogP contribution in [0.15, 0.2) is 48.5 Å². The SMILES string of the molecule is CC(=O)[C@@H](Cc1ccc(Cl)cc1)NC(=O)[C@@H]1Cc2ccccc2CN1. The van der Waals surface area contributed by atoms with Crippen LogP contribution in [0, 0.1) is 0 Å². The minimum Gasteiger partial charge on any atom is -0.345 e. The highest BCUT2D eigenvalue weighted by atomic mass is 35.5. The van der Waals surface area contributed by atoms with Gasteiger partial charge < -0.3 is 10.6 Å². The molecule has 1 aliphatic heterocycles. The van der Waals surface area contributed by atoms with Gasteiger partial charge in [-0.05, 0) is 48.6 Å². The second-order valence-corrected chi connectivity index (χ2v) is 6.85. The molecule has 2 aromatic rings. The number of halogens is 1. The Morgan fingerprint density at radius 3 is 2.52 bits per heavy atom. The quantitative estimate of drug-likeness (QED) is 0.866. The minimum atomic E-state index is -0.535. The summed E-state index contributed by atoms with van der Waals surface area (Å²) in [6.45, 7) is 2.17. The van der Waals surface area contributed by atoms with Crippen LogP contribution in [0.5, 0.6) is 0 Å². The summed E-state index contributed by atoms with van der Waals surface area (Å²) in [5.74, 6) is -0.192. The number of carbonyl (C=O) groups excluding carboxylic acids is 2. The summed E-state index contributed by atoms with van der Waals surface area (Å²) in [6, 6.07) is 14.6. The van der Waals surface area contributed by atoms with Gasteiger partial charge in [0.05, 0.1) is 12.1 Å². The smallest absolute Gasteiger partial charge is 0.238 e. The van der Waals surface area contributed by atoms with Crippen LogP contribution in [0.25, 0.3) is 0 Å². The van der Waals surface area contributed by atoms with Crippen LogP contribution in [0.1, 0.15) is 23.6 Å². The van der Waals surface area contributed by atoms with Gasteiger partial charge in [0.15, 0.2) is 5.78 Å². The number of fused-ring (bicyclic) bond motifs is 1. The molecular formula is C20H21ClN2O2. The molecule has 4 nitrogen and oxygen atoms in total. The first-order valence-corrected chi connectivity index (χ1v) is 8.76. The summed E-state index contributed by atoms with van der Waals surface area (Å²) in [5.41, 5.74) is 3.36. The molecule has 1 heterocycles. The summed E-state index contributed by atoms with van der Waals surface area (Å²) in [5, 5.41) is 6.80. The van der Waals surface area contributed by atoms with Crippen molar-refractivity contribution in [1.29, 1.82) is 0 Å². The maximum Gasteiger partial charge on any atom is 0.238 e. The van der Waals surface area contributed by atoms with Crippen LogP contribution < -0.4 is 10.6 Å². The van der Waals surface area contributed by atoms with Gasteiger partial charge in [-0.15, -0.1) is 0 Å². The molecule has 0 radical (unpaired) electrons. The summed E-state index contributed by atoms with van der Waals surface area (Å²) in [4.78, 5) is 24.6. The number of rotatable bonds is 5. The summed E-state index contributed by atoms with van der Waals surface area (Å²) in [7, 11) is 0. The van der Waals surface area contributed by atoms with Crippen LogP contribution in [-0.4, -0.2) is 23.8 Å². The third kappa shape index (κ3) is 4.47. The van der Waals surface area contributed by atoms with E-state index in [1.54, 1.807) is 12.1 Å². The normalized spacial score (nSPS) is 17.4. The third-order valence-corrected chi connectivity index (χ3v) is 4.81. The van der Waals surface area contributed by atoms with Crippen molar-refractivity contribution in [3.05, 3.63) is 70.2 Å². The topological polar surface area (TPSA) is 58.2 Å². The van der Waals surface area contributed by atoms with Crippen molar-refractivity contribution in [3.63, 3.8) is 0 Å². The second-order valence-electron chi connectivity index (χ2n) is 6.41. The van der Waals surface area contributed by atoms with E-state index in [4.69, 9.17) is 11.6 Å². The molecular weight excluding hydrogens is 336 g/mol. The number of amides is 1. The maximum absolute atomic E-state index is 12.6. The minimum absolute atomic E-state index is 0.0560. The van der Waals surface area contributed by atoms with Crippen molar-refractivity contribution >= 4 is 23.3 Å². The van der Waals surface area contributed by atoms with E-state index in [0.717, 1.165) is 5.56 Å². The van der Waals surface area contributed by atoms with E-state index in [1.165, 1.54) is 18.1 Å². The van der Waals surface area contributed by atoms with E-state index < -0.39 is 6.04 Å². The average molecular weight is 357 g/mol. The molecule has 0 unspecified atom stereocenters. The number of ketones is 1. The van der Waals surface area contributed by atoms with E-state index in [-0.39, 0.29) is 17.7 Å². The molecule has 1 amide bonds. The number of hydrogen-bond donors (Lipinski definition) is 2. The predicted molar refractivity (Wildman–Crippen MR) is 98.5 cm³/mol. The van der Waals surface area contributed by atoms with E-state index in [9.17, 15) is 9.59 Å². The molecule has 0 saturated heterocycles. The zero-order valence-electron chi connectivity index (χ0n) is 14.1. The second kappa shape index (κ2) is 7.81. The third-order valence-electron chi connectivity index (χ3n) is 4.56. The fourth-order valence-corrected chi connectivity index (χ4v) is 3.19. The molecule has 3 rings (SSSR count). The Morgan fingerprint density at radius 1 is 1.16 bits per heavy atom. The lowest BCUT2D eigenvalue weighted by Crippen LogP contribution is -2.52. The summed E-state index contributed by atoms with van der Waals surface area (Å²) >= 11 is 5.89. The first-order chi connectivity index (χ1) is 12.0. The molecule has 2 aromatic carbocycles. The molecule has 0 saturated carbocycles. The lowest BCUT2D eigenvalue weighted by molar-refractivity contribution is -0.128. The fourth-order valence-electron chi connectivity index (χ4n) is 3.06. The van der Waals surface area contributed by atoms with E-state index >= 15 is 0 Å².